The van der Waals surface area contributed by atoms with Crippen LogP contribution in [0.3, 0.4) is 0 Å². The fourth-order valence-corrected chi connectivity index (χ4v) is 3.46. The predicted octanol–water partition coefficient (Wildman–Crippen LogP) is 1.55. The van der Waals surface area contributed by atoms with Gasteiger partial charge >= 0.3 is 0 Å². The van der Waals surface area contributed by atoms with Gasteiger partial charge in [0.2, 0.25) is 5.91 Å². The first kappa shape index (κ1) is 16.7. The number of rotatable bonds is 6. The second-order valence-electron chi connectivity index (χ2n) is 6.48. The molecule has 5 nitrogen and oxygen atoms in total. The highest BCUT2D eigenvalue weighted by Gasteiger charge is 2.45. The second kappa shape index (κ2) is 7.56. The van der Waals surface area contributed by atoms with Crippen molar-refractivity contribution in [2.24, 2.45) is 11.1 Å². The molecule has 2 atom stereocenters. The van der Waals surface area contributed by atoms with Gasteiger partial charge in [0.25, 0.3) is 0 Å². The molecule has 1 aliphatic carbocycles. The standard InChI is InChI=1S/C16H30N2O3/c1-3-20-11-12-21-13-6-9-18(10-7-13)15(19)16(2)8-4-5-14(16)17/h13-14H,3-12,17H2,1-2H3. The molecule has 0 spiro atoms. The second-order valence-corrected chi connectivity index (χ2v) is 6.48. The Labute approximate surface area is 128 Å². The van der Waals surface area contributed by atoms with Crippen LogP contribution in [0.5, 0.6) is 0 Å². The van der Waals surface area contributed by atoms with Crippen molar-refractivity contribution in [1.82, 2.24) is 4.90 Å². The van der Waals surface area contributed by atoms with Crippen LogP contribution in [0.2, 0.25) is 0 Å². The van der Waals surface area contributed by atoms with Crippen molar-refractivity contribution in [1.29, 1.82) is 0 Å². The zero-order valence-corrected chi connectivity index (χ0v) is 13.5. The monoisotopic (exact) mass is 298 g/mol. The largest absolute Gasteiger partial charge is 0.379 e. The van der Waals surface area contributed by atoms with Gasteiger partial charge < -0.3 is 20.1 Å². The molecule has 122 valence electrons. The Morgan fingerprint density at radius 1 is 1.29 bits per heavy atom. The molecule has 1 amide bonds. The Bertz CT molecular complexity index is 342. The summed E-state index contributed by atoms with van der Waals surface area (Å²) in [7, 11) is 0. The molecule has 1 aliphatic heterocycles. The van der Waals surface area contributed by atoms with Gasteiger partial charge in [-0.2, -0.15) is 0 Å². The fourth-order valence-electron chi connectivity index (χ4n) is 3.46. The van der Waals surface area contributed by atoms with E-state index < -0.39 is 0 Å². The van der Waals surface area contributed by atoms with Crippen molar-refractivity contribution >= 4 is 5.91 Å². The molecule has 2 N–H and O–H groups in total. The lowest BCUT2D eigenvalue weighted by atomic mass is 9.83. The van der Waals surface area contributed by atoms with Gasteiger partial charge in [0.05, 0.1) is 24.7 Å². The summed E-state index contributed by atoms with van der Waals surface area (Å²) in [5, 5.41) is 0. The first-order valence-electron chi connectivity index (χ1n) is 8.32. The third-order valence-corrected chi connectivity index (χ3v) is 5.03. The highest BCUT2D eigenvalue weighted by atomic mass is 16.5. The number of nitrogens with zero attached hydrogens (tertiary/aromatic N) is 1. The van der Waals surface area contributed by atoms with Crippen molar-refractivity contribution in [3.63, 3.8) is 0 Å². The summed E-state index contributed by atoms with van der Waals surface area (Å²) >= 11 is 0. The average molecular weight is 298 g/mol. The summed E-state index contributed by atoms with van der Waals surface area (Å²) in [5.74, 6) is 0.250. The molecule has 0 aromatic rings. The summed E-state index contributed by atoms with van der Waals surface area (Å²) in [6.45, 7) is 7.64. The third-order valence-electron chi connectivity index (χ3n) is 5.03. The van der Waals surface area contributed by atoms with E-state index in [1.807, 2.05) is 18.7 Å². The van der Waals surface area contributed by atoms with Crippen LogP contribution in [0.4, 0.5) is 0 Å². The number of ether oxygens (including phenoxy) is 2. The first-order valence-corrected chi connectivity index (χ1v) is 8.32. The number of piperidine rings is 1. The predicted molar refractivity (Wildman–Crippen MR) is 82.0 cm³/mol. The highest BCUT2D eigenvalue weighted by molar-refractivity contribution is 5.83. The molecule has 0 radical (unpaired) electrons. The van der Waals surface area contributed by atoms with E-state index in [0.29, 0.717) is 13.2 Å². The average Bonchev–Trinajstić information content (AvgIpc) is 2.84. The van der Waals surface area contributed by atoms with E-state index in [-0.39, 0.29) is 23.5 Å². The number of nitrogens with two attached hydrogens (primary N) is 1. The lowest BCUT2D eigenvalue weighted by Gasteiger charge is -2.38. The molecular formula is C16H30N2O3. The van der Waals surface area contributed by atoms with Crippen LogP contribution in [0.25, 0.3) is 0 Å². The Hall–Kier alpha value is -0.650. The van der Waals surface area contributed by atoms with Gasteiger partial charge in [-0.1, -0.05) is 6.42 Å². The number of likely N-dealkylation sites (tertiary alicyclic amines) is 1. The van der Waals surface area contributed by atoms with E-state index in [1.54, 1.807) is 0 Å². The summed E-state index contributed by atoms with van der Waals surface area (Å²) in [4.78, 5) is 14.7. The molecular weight excluding hydrogens is 268 g/mol. The van der Waals surface area contributed by atoms with Crippen molar-refractivity contribution in [3.8, 4) is 0 Å². The molecule has 2 rings (SSSR count). The summed E-state index contributed by atoms with van der Waals surface area (Å²) < 4.78 is 11.1. The molecule has 5 heteroatoms. The lowest BCUT2D eigenvalue weighted by molar-refractivity contribution is -0.144. The van der Waals surface area contributed by atoms with Crippen LogP contribution in [0, 0.1) is 5.41 Å². The van der Waals surface area contributed by atoms with Gasteiger partial charge in [-0.15, -0.1) is 0 Å². The number of hydrogen-bond acceptors (Lipinski definition) is 4. The van der Waals surface area contributed by atoms with Gasteiger partial charge in [0.1, 0.15) is 0 Å². The van der Waals surface area contributed by atoms with Crippen LogP contribution in [0.1, 0.15) is 46.0 Å². The van der Waals surface area contributed by atoms with Crippen molar-refractivity contribution in [2.45, 2.75) is 58.1 Å². The van der Waals surface area contributed by atoms with Gasteiger partial charge in [0.15, 0.2) is 0 Å². The van der Waals surface area contributed by atoms with E-state index in [9.17, 15) is 4.79 Å². The lowest BCUT2D eigenvalue weighted by Crippen LogP contribution is -2.52. The number of hydrogen-bond donors (Lipinski definition) is 1. The van der Waals surface area contributed by atoms with Gasteiger partial charge in [-0.3, -0.25) is 4.79 Å². The molecule has 2 unspecified atom stereocenters. The minimum atomic E-state index is -0.345. The van der Waals surface area contributed by atoms with E-state index in [1.165, 1.54) is 0 Å². The highest BCUT2D eigenvalue weighted by Crippen LogP contribution is 2.38. The third kappa shape index (κ3) is 3.96. The smallest absolute Gasteiger partial charge is 0.230 e. The van der Waals surface area contributed by atoms with Crippen LogP contribution < -0.4 is 5.73 Å². The molecule has 2 fully saturated rings. The molecule has 1 heterocycles. The zero-order valence-electron chi connectivity index (χ0n) is 13.5. The van der Waals surface area contributed by atoms with Gasteiger partial charge in [-0.05, 0) is 39.5 Å². The molecule has 1 saturated heterocycles. The number of carbonyl (C=O) groups excluding carboxylic acids is 1. The minimum Gasteiger partial charge on any atom is -0.379 e. The minimum absolute atomic E-state index is 0.0187. The van der Waals surface area contributed by atoms with E-state index in [2.05, 4.69) is 0 Å². The van der Waals surface area contributed by atoms with E-state index in [4.69, 9.17) is 15.2 Å². The maximum absolute atomic E-state index is 12.7. The number of amides is 1. The fraction of sp³-hybridized carbons (Fsp3) is 0.938. The zero-order chi connectivity index (χ0) is 15.3. The van der Waals surface area contributed by atoms with Crippen LogP contribution in [0.15, 0.2) is 0 Å². The summed E-state index contributed by atoms with van der Waals surface area (Å²) in [6.07, 6.45) is 5.07. The Kier molecular flexibility index (Phi) is 6.02. The Balaban J connectivity index is 1.74. The number of carbonyl (C=O) groups is 1. The summed E-state index contributed by atoms with van der Waals surface area (Å²) in [5.41, 5.74) is 5.81. The van der Waals surface area contributed by atoms with Gasteiger partial charge in [-0.25, -0.2) is 0 Å². The van der Waals surface area contributed by atoms with Crippen LogP contribution >= 0.6 is 0 Å². The van der Waals surface area contributed by atoms with Crippen LogP contribution in [-0.2, 0) is 14.3 Å². The Morgan fingerprint density at radius 2 is 2.00 bits per heavy atom. The maximum Gasteiger partial charge on any atom is 0.230 e. The molecule has 2 aliphatic rings. The Morgan fingerprint density at radius 3 is 2.57 bits per heavy atom. The summed E-state index contributed by atoms with van der Waals surface area (Å²) in [6, 6.07) is 0.0187. The SMILES string of the molecule is CCOCCOC1CCN(C(=O)C2(C)CCCC2N)CC1. The van der Waals surface area contributed by atoms with E-state index in [0.717, 1.165) is 51.8 Å². The molecule has 0 aromatic heterocycles. The molecule has 0 bridgehead atoms. The van der Waals surface area contributed by atoms with Gasteiger partial charge in [0, 0.05) is 25.7 Å². The molecule has 21 heavy (non-hydrogen) atoms. The molecule has 0 aromatic carbocycles. The molecule has 1 saturated carbocycles. The topological polar surface area (TPSA) is 64.8 Å². The van der Waals surface area contributed by atoms with Crippen molar-refractivity contribution < 1.29 is 14.3 Å². The first-order chi connectivity index (χ1) is 10.1. The normalized spacial score (nSPS) is 30.8. The quantitative estimate of drug-likeness (QED) is 0.756. The van der Waals surface area contributed by atoms with Crippen molar-refractivity contribution in [2.75, 3.05) is 32.9 Å². The van der Waals surface area contributed by atoms with Crippen LogP contribution in [-0.4, -0.2) is 55.9 Å². The van der Waals surface area contributed by atoms with Crippen molar-refractivity contribution in [3.05, 3.63) is 0 Å². The van der Waals surface area contributed by atoms with E-state index >= 15 is 0 Å². The maximum atomic E-state index is 12.7.